The van der Waals surface area contributed by atoms with Gasteiger partial charge >= 0.3 is 11.9 Å². The normalized spacial score (nSPS) is 22.9. The molecule has 0 saturated carbocycles. The third kappa shape index (κ3) is 4.77. The fourth-order valence-corrected chi connectivity index (χ4v) is 4.95. The number of hydrogen-bond acceptors (Lipinski definition) is 7. The minimum absolute atomic E-state index is 0.202. The van der Waals surface area contributed by atoms with Crippen LogP contribution in [0.15, 0.2) is 46.8 Å². The highest BCUT2D eigenvalue weighted by atomic mass is 32.2. The molecule has 3 rings (SSSR count). The largest absolute Gasteiger partial charge is 0.468 e. The van der Waals surface area contributed by atoms with Crippen LogP contribution in [0.25, 0.3) is 0 Å². The summed E-state index contributed by atoms with van der Waals surface area (Å²) in [6.07, 6.45) is 0.524. The molecule has 0 spiro atoms. The predicted molar refractivity (Wildman–Crippen MR) is 125 cm³/mol. The number of Topliss-reactive ketones (excluding diaryl/α,β-unsaturated/α-hetero) is 1. The first-order valence-corrected chi connectivity index (χ1v) is 12.1. The van der Waals surface area contributed by atoms with E-state index in [4.69, 9.17) is 9.47 Å². The van der Waals surface area contributed by atoms with Crippen molar-refractivity contribution < 1.29 is 23.9 Å². The monoisotopic (exact) mass is 457 g/mol. The van der Waals surface area contributed by atoms with Gasteiger partial charge < -0.3 is 14.8 Å². The summed E-state index contributed by atoms with van der Waals surface area (Å²) in [5, 5.41) is 3.28. The predicted octanol–water partition coefficient (Wildman–Crippen LogP) is 3.90. The molecule has 0 radical (unpaired) electrons. The minimum Gasteiger partial charge on any atom is -0.468 e. The summed E-state index contributed by atoms with van der Waals surface area (Å²) in [4.78, 5) is 39.2. The molecule has 0 unspecified atom stereocenters. The van der Waals surface area contributed by atoms with Crippen LogP contribution in [0.2, 0.25) is 0 Å². The molecule has 1 aliphatic carbocycles. The first kappa shape index (κ1) is 24.1. The number of carbonyl (C=O) groups excluding carboxylic acids is 3. The summed E-state index contributed by atoms with van der Waals surface area (Å²) in [5.74, 6) is -1.28. The van der Waals surface area contributed by atoms with E-state index in [-0.39, 0.29) is 11.7 Å². The molecule has 6 nitrogen and oxygen atoms in total. The lowest BCUT2D eigenvalue weighted by molar-refractivity contribution is -0.151. The summed E-state index contributed by atoms with van der Waals surface area (Å²) >= 11 is 1.70. The number of dihydropyridines is 1. The first-order chi connectivity index (χ1) is 15.3. The van der Waals surface area contributed by atoms with E-state index in [9.17, 15) is 14.4 Å². The summed E-state index contributed by atoms with van der Waals surface area (Å²) in [6.45, 7) is 8.05. The van der Waals surface area contributed by atoms with Crippen LogP contribution >= 0.6 is 11.8 Å². The number of esters is 2. The van der Waals surface area contributed by atoms with E-state index >= 15 is 0 Å². The van der Waals surface area contributed by atoms with Crippen molar-refractivity contribution in [2.45, 2.75) is 40.0 Å². The number of aryl methyl sites for hydroxylation is 1. The third-order valence-corrected chi connectivity index (χ3v) is 6.90. The summed E-state index contributed by atoms with van der Waals surface area (Å²) in [5.41, 5.74) is 4.23. The van der Waals surface area contributed by atoms with Gasteiger partial charge in [-0.1, -0.05) is 43.7 Å². The molecule has 0 amide bonds. The maximum Gasteiger partial charge on any atom is 0.336 e. The zero-order valence-corrected chi connectivity index (χ0v) is 20.1. The van der Waals surface area contributed by atoms with Gasteiger partial charge in [-0.3, -0.25) is 9.59 Å². The Hall–Kier alpha value is -2.54. The number of methoxy groups -OCH3 is 1. The van der Waals surface area contributed by atoms with Crippen LogP contribution in [0, 0.1) is 18.8 Å². The Kier molecular flexibility index (Phi) is 7.82. The smallest absolute Gasteiger partial charge is 0.336 e. The molecule has 7 heteroatoms. The van der Waals surface area contributed by atoms with Crippen molar-refractivity contribution >= 4 is 29.5 Å². The maximum absolute atomic E-state index is 13.6. The Balaban J connectivity index is 2.06. The standard InChI is InChI=1S/C25H31NO5S/c1-6-32-12-11-31-25(29)20-16(4)26-18-13-15(3)19(24(28)30-5)23(27)22(18)21(20)17-9-7-14(2)8-10-17/h7-10,15,19,21,26H,6,11-13H2,1-5H3/t15-,19-,21-/m1/s1. The van der Waals surface area contributed by atoms with Gasteiger partial charge in [0.05, 0.1) is 12.7 Å². The topological polar surface area (TPSA) is 81.7 Å². The summed E-state index contributed by atoms with van der Waals surface area (Å²) in [7, 11) is 1.30. The fourth-order valence-electron chi connectivity index (χ4n) is 4.46. The molecule has 0 bridgehead atoms. The Morgan fingerprint density at radius 2 is 1.88 bits per heavy atom. The number of nitrogens with one attached hydrogen (secondary N) is 1. The van der Waals surface area contributed by atoms with Gasteiger partial charge in [0.25, 0.3) is 0 Å². The van der Waals surface area contributed by atoms with Crippen molar-refractivity contribution in [2.24, 2.45) is 11.8 Å². The summed E-state index contributed by atoms with van der Waals surface area (Å²) < 4.78 is 10.5. The van der Waals surface area contributed by atoms with Crippen molar-refractivity contribution in [1.82, 2.24) is 5.32 Å². The lowest BCUT2D eigenvalue weighted by Crippen LogP contribution is -2.43. The second-order valence-electron chi connectivity index (χ2n) is 8.28. The Labute approximate surface area is 193 Å². The van der Waals surface area contributed by atoms with E-state index in [0.29, 0.717) is 35.6 Å². The van der Waals surface area contributed by atoms with Crippen LogP contribution in [-0.4, -0.2) is 42.9 Å². The third-order valence-electron chi connectivity index (χ3n) is 6.04. The number of hydrogen-bond donors (Lipinski definition) is 1. The molecule has 1 aromatic rings. The first-order valence-electron chi connectivity index (χ1n) is 10.9. The van der Waals surface area contributed by atoms with E-state index in [1.807, 2.05) is 45.0 Å². The number of carbonyl (C=O) groups is 3. The van der Waals surface area contributed by atoms with E-state index < -0.39 is 23.8 Å². The second-order valence-corrected chi connectivity index (χ2v) is 9.67. The van der Waals surface area contributed by atoms with E-state index in [0.717, 1.165) is 22.6 Å². The molecule has 1 N–H and O–H groups in total. The molecule has 1 heterocycles. The average molecular weight is 458 g/mol. The summed E-state index contributed by atoms with van der Waals surface area (Å²) in [6, 6.07) is 7.78. The maximum atomic E-state index is 13.6. The average Bonchev–Trinajstić information content (AvgIpc) is 2.76. The van der Waals surface area contributed by atoms with Crippen molar-refractivity contribution in [2.75, 3.05) is 25.2 Å². The lowest BCUT2D eigenvalue weighted by atomic mass is 9.69. The molecule has 172 valence electrons. The van der Waals surface area contributed by atoms with Gasteiger partial charge in [-0.05, 0) is 37.5 Å². The van der Waals surface area contributed by atoms with E-state index in [1.165, 1.54) is 7.11 Å². The van der Waals surface area contributed by atoms with Crippen LogP contribution in [0.1, 0.15) is 44.2 Å². The second kappa shape index (κ2) is 10.4. The molecular weight excluding hydrogens is 426 g/mol. The van der Waals surface area contributed by atoms with Gasteiger partial charge in [0.1, 0.15) is 12.5 Å². The number of rotatable bonds is 7. The molecule has 0 saturated heterocycles. The van der Waals surface area contributed by atoms with Crippen molar-refractivity contribution in [1.29, 1.82) is 0 Å². The van der Waals surface area contributed by atoms with Crippen LogP contribution in [-0.2, 0) is 23.9 Å². The molecular formula is C25H31NO5S. The van der Waals surface area contributed by atoms with Crippen molar-refractivity contribution in [3.63, 3.8) is 0 Å². The van der Waals surface area contributed by atoms with Gasteiger partial charge in [0, 0.05) is 28.6 Å². The Bertz CT molecular complexity index is 963. The fraction of sp³-hybridized carbons (Fsp3) is 0.480. The molecule has 2 aliphatic rings. The molecule has 0 fully saturated rings. The van der Waals surface area contributed by atoms with Crippen LogP contribution < -0.4 is 5.32 Å². The Morgan fingerprint density at radius 1 is 1.19 bits per heavy atom. The van der Waals surface area contributed by atoms with Gasteiger partial charge in [-0.2, -0.15) is 11.8 Å². The van der Waals surface area contributed by atoms with E-state index in [1.54, 1.807) is 11.8 Å². The molecule has 1 aliphatic heterocycles. The Morgan fingerprint density at radius 3 is 2.50 bits per heavy atom. The van der Waals surface area contributed by atoms with Crippen LogP contribution in [0.3, 0.4) is 0 Å². The van der Waals surface area contributed by atoms with Crippen molar-refractivity contribution in [3.05, 3.63) is 57.9 Å². The number of thioether (sulfide) groups is 1. The van der Waals surface area contributed by atoms with Crippen molar-refractivity contribution in [3.8, 4) is 0 Å². The highest BCUT2D eigenvalue weighted by molar-refractivity contribution is 7.99. The molecule has 1 aromatic carbocycles. The number of ketones is 1. The zero-order chi connectivity index (χ0) is 23.4. The molecule has 0 aromatic heterocycles. The highest BCUT2D eigenvalue weighted by Crippen LogP contribution is 2.45. The van der Waals surface area contributed by atoms with Crippen LogP contribution in [0.5, 0.6) is 0 Å². The van der Waals surface area contributed by atoms with Gasteiger partial charge in [-0.25, -0.2) is 4.79 Å². The quantitative estimate of drug-likeness (QED) is 0.378. The van der Waals surface area contributed by atoms with Gasteiger partial charge in [-0.15, -0.1) is 0 Å². The van der Waals surface area contributed by atoms with Crippen LogP contribution in [0.4, 0.5) is 0 Å². The van der Waals surface area contributed by atoms with Gasteiger partial charge in [0.15, 0.2) is 5.78 Å². The SMILES string of the molecule is CCSCCOC(=O)C1=C(C)NC2=C(C(=O)[C@H](C(=O)OC)[C@H](C)C2)[C@@H]1c1ccc(C)cc1. The zero-order valence-electron chi connectivity index (χ0n) is 19.3. The van der Waals surface area contributed by atoms with Gasteiger partial charge in [0.2, 0.25) is 0 Å². The number of benzene rings is 1. The number of ether oxygens (including phenoxy) is 2. The minimum atomic E-state index is -0.884. The lowest BCUT2D eigenvalue weighted by Gasteiger charge is -2.38. The molecule has 3 atom stereocenters. The van der Waals surface area contributed by atoms with E-state index in [2.05, 4.69) is 12.2 Å². The number of allylic oxidation sites excluding steroid dienone is 3. The highest BCUT2D eigenvalue weighted by Gasteiger charge is 2.47. The molecule has 32 heavy (non-hydrogen) atoms.